The second kappa shape index (κ2) is 11.7. The van der Waals surface area contributed by atoms with Gasteiger partial charge in [-0.2, -0.15) is 0 Å². The molecule has 0 unspecified atom stereocenters. The van der Waals surface area contributed by atoms with Crippen molar-refractivity contribution in [2.75, 3.05) is 11.1 Å². The molecule has 3 N–H and O–H groups in total. The largest absolute Gasteiger partial charge is 0.402 e. The van der Waals surface area contributed by atoms with Crippen LogP contribution in [0.15, 0.2) is 76.2 Å². The Bertz CT molecular complexity index is 958. The molecule has 0 aromatic heterocycles. The molecular weight excluding hydrogens is 432 g/mol. The van der Waals surface area contributed by atoms with Crippen molar-refractivity contribution in [3.8, 4) is 0 Å². The smallest absolute Gasteiger partial charge is 0.228 e. The Morgan fingerprint density at radius 3 is 2.25 bits per heavy atom. The molecule has 0 spiro atoms. The van der Waals surface area contributed by atoms with E-state index in [2.05, 4.69) is 42.6 Å². The Morgan fingerprint density at radius 2 is 1.69 bits per heavy atom. The van der Waals surface area contributed by atoms with Crippen LogP contribution in [0.4, 0.5) is 5.69 Å². The van der Waals surface area contributed by atoms with E-state index in [0.717, 1.165) is 35.5 Å². The summed E-state index contributed by atoms with van der Waals surface area (Å²) in [5, 5.41) is 3.03. The lowest BCUT2D eigenvalue weighted by molar-refractivity contribution is -0.115. The van der Waals surface area contributed by atoms with Gasteiger partial charge in [0.25, 0.3) is 0 Å². The lowest BCUT2D eigenvalue weighted by Gasteiger charge is -2.20. The van der Waals surface area contributed by atoms with E-state index in [1.807, 2.05) is 67.7 Å². The number of carbonyl (C=O) groups excluding carboxylic acids is 1. The molecule has 2 aromatic rings. The van der Waals surface area contributed by atoms with Crippen molar-refractivity contribution in [1.82, 2.24) is 0 Å². The monoisotopic (exact) mass is 466 g/mol. The van der Waals surface area contributed by atoms with Gasteiger partial charge in [-0.15, -0.1) is 23.5 Å². The van der Waals surface area contributed by atoms with Gasteiger partial charge in [0.15, 0.2) is 0 Å². The summed E-state index contributed by atoms with van der Waals surface area (Å²) in [5.41, 5.74) is 10.1. The number of hydrogen-bond acceptors (Lipinski definition) is 4. The van der Waals surface area contributed by atoms with Crippen molar-refractivity contribution >= 4 is 35.1 Å². The predicted octanol–water partition coefficient (Wildman–Crippen LogP) is 7.25. The number of amides is 1. The van der Waals surface area contributed by atoms with E-state index < -0.39 is 0 Å². The molecule has 5 heteroatoms. The van der Waals surface area contributed by atoms with Crippen LogP contribution in [0.2, 0.25) is 0 Å². The van der Waals surface area contributed by atoms with E-state index in [-0.39, 0.29) is 10.7 Å². The molecule has 1 amide bonds. The Labute approximate surface area is 201 Å². The van der Waals surface area contributed by atoms with Crippen LogP contribution in [0, 0.1) is 0 Å². The quantitative estimate of drug-likeness (QED) is 0.402. The molecule has 0 saturated heterocycles. The lowest BCUT2D eigenvalue weighted by atomic mass is 10.1. The Morgan fingerprint density at radius 1 is 1.00 bits per heavy atom. The molecular formula is C27H34N2OS2. The highest BCUT2D eigenvalue weighted by Crippen LogP contribution is 2.60. The summed E-state index contributed by atoms with van der Waals surface area (Å²) in [6.07, 6.45) is 9.01. The number of allylic oxidation sites excluding steroid dienone is 4. The number of hydrogen-bond donors (Lipinski definition) is 2. The molecule has 0 bridgehead atoms. The van der Waals surface area contributed by atoms with E-state index >= 15 is 0 Å². The highest BCUT2D eigenvalue weighted by atomic mass is 32.2. The van der Waals surface area contributed by atoms with Gasteiger partial charge in [0.1, 0.15) is 0 Å². The highest BCUT2D eigenvalue weighted by Gasteiger charge is 2.45. The maximum atomic E-state index is 12.4. The molecule has 0 atom stereocenters. The number of benzene rings is 2. The van der Waals surface area contributed by atoms with Crippen LogP contribution in [0.5, 0.6) is 0 Å². The Balaban J connectivity index is 0.00000141. The van der Waals surface area contributed by atoms with Crippen LogP contribution >= 0.6 is 23.5 Å². The van der Waals surface area contributed by atoms with E-state index in [0.29, 0.717) is 6.42 Å². The first kappa shape index (κ1) is 24.5. The SMILES string of the molecule is CC.CCSc1ccc(CC(=O)Nc2ccc(C3(SC4=CC=C(N)CC4)CC3)cc2)cc1. The Kier molecular flexibility index (Phi) is 8.94. The summed E-state index contributed by atoms with van der Waals surface area (Å²) >= 11 is 3.80. The van der Waals surface area contributed by atoms with Gasteiger partial charge < -0.3 is 11.1 Å². The first-order valence-corrected chi connectivity index (χ1v) is 13.3. The van der Waals surface area contributed by atoms with Gasteiger partial charge in [0.2, 0.25) is 5.91 Å². The van der Waals surface area contributed by atoms with Crippen LogP contribution in [-0.2, 0) is 16.0 Å². The second-order valence-electron chi connectivity index (χ2n) is 7.85. The summed E-state index contributed by atoms with van der Waals surface area (Å²) in [6, 6.07) is 16.6. The lowest BCUT2D eigenvalue weighted by Crippen LogP contribution is -2.14. The zero-order valence-corrected chi connectivity index (χ0v) is 21.0. The molecule has 2 aliphatic rings. The molecule has 1 fully saturated rings. The third-order valence-corrected chi connectivity index (χ3v) is 8.00. The molecule has 1 saturated carbocycles. The van der Waals surface area contributed by atoms with Crippen LogP contribution in [0.25, 0.3) is 0 Å². The summed E-state index contributed by atoms with van der Waals surface area (Å²) in [7, 11) is 0. The van der Waals surface area contributed by atoms with E-state index in [4.69, 9.17) is 5.73 Å². The summed E-state index contributed by atoms with van der Waals surface area (Å²) in [4.78, 5) is 15.1. The topological polar surface area (TPSA) is 55.1 Å². The molecule has 0 heterocycles. The molecule has 2 aromatic carbocycles. The molecule has 0 aliphatic heterocycles. The Hall–Kier alpha value is -2.11. The van der Waals surface area contributed by atoms with Crippen molar-refractivity contribution in [3.05, 3.63) is 82.4 Å². The molecule has 4 rings (SSSR count). The fraction of sp³-hybridized carbons (Fsp3) is 0.370. The van der Waals surface area contributed by atoms with Crippen molar-refractivity contribution in [2.45, 2.75) is 62.5 Å². The zero-order chi connectivity index (χ0) is 23.0. The standard InChI is InChI=1S/C25H28N2OS2.C2H6/c1-2-29-22-11-3-18(4-12-22)17-24(28)27-21-9-5-19(6-10-21)25(15-16-25)30-23-13-7-20(26)8-14-23;1-2/h3-7,9-13H,2,8,14-17,26H2,1H3,(H,27,28);1-2H3. The fourth-order valence-corrected chi connectivity index (χ4v) is 5.72. The summed E-state index contributed by atoms with van der Waals surface area (Å²) < 4.78 is 0.201. The average molecular weight is 467 g/mol. The average Bonchev–Trinajstić information content (AvgIpc) is 3.59. The first-order chi connectivity index (χ1) is 15.6. The van der Waals surface area contributed by atoms with Gasteiger partial charge in [0.05, 0.1) is 6.42 Å². The van der Waals surface area contributed by atoms with E-state index in [9.17, 15) is 4.79 Å². The highest BCUT2D eigenvalue weighted by molar-refractivity contribution is 8.04. The zero-order valence-electron chi connectivity index (χ0n) is 19.3. The number of rotatable bonds is 8. The minimum absolute atomic E-state index is 0.0193. The van der Waals surface area contributed by atoms with Crippen molar-refractivity contribution in [3.63, 3.8) is 0 Å². The third kappa shape index (κ3) is 6.69. The molecule has 3 nitrogen and oxygen atoms in total. The van der Waals surface area contributed by atoms with Crippen LogP contribution in [-0.4, -0.2) is 11.7 Å². The van der Waals surface area contributed by atoms with Gasteiger partial charge in [-0.25, -0.2) is 0 Å². The van der Waals surface area contributed by atoms with Crippen molar-refractivity contribution in [2.24, 2.45) is 5.73 Å². The van der Waals surface area contributed by atoms with Crippen LogP contribution < -0.4 is 11.1 Å². The third-order valence-electron chi connectivity index (χ3n) is 5.47. The maximum absolute atomic E-state index is 12.4. The van der Waals surface area contributed by atoms with Gasteiger partial charge in [-0.3, -0.25) is 4.79 Å². The predicted molar refractivity (Wildman–Crippen MR) is 141 cm³/mol. The summed E-state index contributed by atoms with van der Waals surface area (Å²) in [6.45, 7) is 6.14. The fourth-order valence-electron chi connectivity index (χ4n) is 3.65. The van der Waals surface area contributed by atoms with Gasteiger partial charge in [0, 0.05) is 21.0 Å². The summed E-state index contributed by atoms with van der Waals surface area (Å²) in [5.74, 6) is 1.07. The van der Waals surface area contributed by atoms with Gasteiger partial charge in [-0.05, 0) is 77.8 Å². The van der Waals surface area contributed by atoms with Gasteiger partial charge >= 0.3 is 0 Å². The second-order valence-corrected chi connectivity index (χ2v) is 10.7. The number of nitrogens with two attached hydrogens (primary N) is 1. The first-order valence-electron chi connectivity index (χ1n) is 11.5. The number of thioether (sulfide) groups is 2. The van der Waals surface area contributed by atoms with Crippen molar-refractivity contribution < 1.29 is 4.79 Å². The number of nitrogens with one attached hydrogen (secondary N) is 1. The minimum Gasteiger partial charge on any atom is -0.402 e. The van der Waals surface area contributed by atoms with Gasteiger partial charge in [-0.1, -0.05) is 51.1 Å². The van der Waals surface area contributed by atoms with Crippen LogP contribution in [0.1, 0.15) is 57.6 Å². The van der Waals surface area contributed by atoms with E-state index in [1.54, 1.807) is 0 Å². The maximum Gasteiger partial charge on any atom is 0.228 e. The molecule has 32 heavy (non-hydrogen) atoms. The normalized spacial score (nSPS) is 16.2. The minimum atomic E-state index is 0.0193. The van der Waals surface area contributed by atoms with E-state index in [1.165, 1.54) is 28.2 Å². The van der Waals surface area contributed by atoms with Crippen molar-refractivity contribution in [1.29, 1.82) is 0 Å². The van der Waals surface area contributed by atoms with Crippen LogP contribution in [0.3, 0.4) is 0 Å². The number of anilines is 1. The number of carbonyl (C=O) groups is 1. The molecule has 170 valence electrons. The molecule has 2 aliphatic carbocycles. The molecule has 0 radical (unpaired) electrons.